The van der Waals surface area contributed by atoms with Crippen molar-refractivity contribution in [1.82, 2.24) is 0 Å². The highest BCUT2D eigenvalue weighted by molar-refractivity contribution is 6.74. The molecule has 0 aliphatic carbocycles. The fourth-order valence-electron chi connectivity index (χ4n) is 3.22. The fourth-order valence-corrected chi connectivity index (χ4v) is 4.43. The van der Waals surface area contributed by atoms with E-state index >= 15 is 0 Å². The predicted molar refractivity (Wildman–Crippen MR) is 121 cm³/mol. The van der Waals surface area contributed by atoms with Crippen LogP contribution in [0.5, 0.6) is 5.75 Å². The van der Waals surface area contributed by atoms with Gasteiger partial charge in [-0.3, -0.25) is 9.69 Å². The van der Waals surface area contributed by atoms with Gasteiger partial charge in [0.05, 0.1) is 13.2 Å². The third-order valence-corrected chi connectivity index (χ3v) is 10.5. The highest BCUT2D eigenvalue weighted by Gasteiger charge is 2.53. The van der Waals surface area contributed by atoms with Crippen LogP contribution in [0.25, 0.3) is 10.4 Å². The quantitative estimate of drug-likeness (QED) is 0.184. The standard InChI is InChI=1S/C22H28N4O3Si/c1-22(2,3)30(5,6)29-20-19(15-7-9-16(10-8-15)24-25-23)26(21(20)27)17-11-13-18(28-4)14-12-17/h7-14,19-20H,1-6H3/t19-,20+/m0/s1. The van der Waals surface area contributed by atoms with Crippen molar-refractivity contribution in [1.29, 1.82) is 0 Å². The van der Waals surface area contributed by atoms with Crippen LogP contribution in [0.2, 0.25) is 18.1 Å². The summed E-state index contributed by atoms with van der Waals surface area (Å²) in [6, 6.07) is 14.5. The maximum Gasteiger partial charge on any atom is 0.258 e. The molecule has 0 N–H and O–H groups in total. The van der Waals surface area contributed by atoms with Gasteiger partial charge >= 0.3 is 0 Å². The average Bonchev–Trinajstić information content (AvgIpc) is 2.70. The number of methoxy groups -OCH3 is 1. The van der Waals surface area contributed by atoms with Crippen LogP contribution in [0.1, 0.15) is 32.4 Å². The van der Waals surface area contributed by atoms with Gasteiger partial charge in [-0.25, -0.2) is 0 Å². The Morgan fingerprint density at radius 1 is 1.07 bits per heavy atom. The van der Waals surface area contributed by atoms with Crippen LogP contribution >= 0.6 is 0 Å². The third kappa shape index (κ3) is 4.07. The molecule has 8 heteroatoms. The number of carbonyl (C=O) groups excluding carboxylic acids is 1. The third-order valence-electron chi connectivity index (χ3n) is 6.02. The first-order chi connectivity index (χ1) is 14.1. The van der Waals surface area contributed by atoms with Crippen LogP contribution < -0.4 is 9.64 Å². The van der Waals surface area contributed by atoms with Gasteiger partial charge < -0.3 is 9.16 Å². The van der Waals surface area contributed by atoms with E-state index in [2.05, 4.69) is 43.9 Å². The predicted octanol–water partition coefficient (Wildman–Crippen LogP) is 6.12. The zero-order chi connectivity index (χ0) is 22.1. The molecular formula is C22H28N4O3Si. The van der Waals surface area contributed by atoms with E-state index in [0.717, 1.165) is 17.0 Å². The largest absolute Gasteiger partial charge is 0.497 e. The van der Waals surface area contributed by atoms with Crippen LogP contribution in [0, 0.1) is 0 Å². The average molecular weight is 425 g/mol. The lowest BCUT2D eigenvalue weighted by Crippen LogP contribution is -2.63. The molecule has 1 aliphatic heterocycles. The van der Waals surface area contributed by atoms with Crippen LogP contribution in [0.3, 0.4) is 0 Å². The summed E-state index contributed by atoms with van der Waals surface area (Å²) in [7, 11) is -0.545. The Labute approximate surface area is 178 Å². The van der Waals surface area contributed by atoms with Crippen molar-refractivity contribution >= 4 is 25.6 Å². The van der Waals surface area contributed by atoms with E-state index in [4.69, 9.17) is 14.7 Å². The Morgan fingerprint density at radius 3 is 2.17 bits per heavy atom. The molecule has 30 heavy (non-hydrogen) atoms. The summed E-state index contributed by atoms with van der Waals surface area (Å²) >= 11 is 0. The van der Waals surface area contributed by atoms with Gasteiger partial charge in [0.1, 0.15) is 11.9 Å². The molecule has 1 amide bonds. The monoisotopic (exact) mass is 424 g/mol. The van der Waals surface area contributed by atoms with E-state index in [-0.39, 0.29) is 17.0 Å². The Morgan fingerprint density at radius 2 is 1.67 bits per heavy atom. The summed E-state index contributed by atoms with van der Waals surface area (Å²) < 4.78 is 11.8. The highest BCUT2D eigenvalue weighted by Crippen LogP contribution is 2.46. The summed E-state index contributed by atoms with van der Waals surface area (Å²) in [6.07, 6.45) is -0.543. The first-order valence-corrected chi connectivity index (χ1v) is 12.8. The van der Waals surface area contributed by atoms with E-state index in [1.165, 1.54) is 0 Å². The summed E-state index contributed by atoms with van der Waals surface area (Å²) in [5.74, 6) is 0.685. The minimum Gasteiger partial charge on any atom is -0.497 e. The molecule has 1 fully saturated rings. The maximum absolute atomic E-state index is 13.2. The van der Waals surface area contributed by atoms with Gasteiger partial charge in [0.2, 0.25) is 0 Å². The zero-order valence-electron chi connectivity index (χ0n) is 18.3. The molecule has 158 valence electrons. The number of anilines is 1. The second kappa shape index (κ2) is 8.14. The zero-order valence-corrected chi connectivity index (χ0v) is 19.3. The summed E-state index contributed by atoms with van der Waals surface area (Å²) in [6.45, 7) is 10.8. The lowest BCUT2D eigenvalue weighted by Gasteiger charge is -2.51. The topological polar surface area (TPSA) is 87.5 Å². The maximum atomic E-state index is 13.2. The molecule has 1 saturated heterocycles. The van der Waals surface area contributed by atoms with Crippen LogP contribution in [0.4, 0.5) is 11.4 Å². The Bertz CT molecular complexity index is 961. The van der Waals surface area contributed by atoms with E-state index in [1.807, 2.05) is 36.4 Å². The number of β-lactam (4-membered cyclic amide) rings is 1. The smallest absolute Gasteiger partial charge is 0.258 e. The molecule has 0 unspecified atom stereocenters. The molecule has 0 aromatic heterocycles. The van der Waals surface area contributed by atoms with E-state index < -0.39 is 14.4 Å². The summed E-state index contributed by atoms with van der Waals surface area (Å²) in [5.41, 5.74) is 10.9. The van der Waals surface area contributed by atoms with Crippen LogP contribution in [-0.2, 0) is 9.22 Å². The van der Waals surface area contributed by atoms with E-state index in [9.17, 15) is 4.79 Å². The van der Waals surface area contributed by atoms with E-state index in [0.29, 0.717) is 5.69 Å². The highest BCUT2D eigenvalue weighted by atomic mass is 28.4. The number of rotatable bonds is 6. The Balaban J connectivity index is 1.98. The summed E-state index contributed by atoms with van der Waals surface area (Å²) in [5, 5.41) is 3.62. The number of ether oxygens (including phenoxy) is 1. The van der Waals surface area contributed by atoms with Crippen molar-refractivity contribution in [2.45, 2.75) is 51.0 Å². The van der Waals surface area contributed by atoms with Gasteiger partial charge in [-0.05, 0) is 53.5 Å². The van der Waals surface area contributed by atoms with Gasteiger partial charge in [0, 0.05) is 16.3 Å². The Kier molecular flexibility index (Phi) is 5.94. The minimum absolute atomic E-state index is 0.0102. The van der Waals surface area contributed by atoms with E-state index in [1.54, 1.807) is 24.1 Å². The van der Waals surface area contributed by atoms with Gasteiger partial charge in [0.25, 0.3) is 5.91 Å². The first kappa shape index (κ1) is 21.9. The molecular weight excluding hydrogens is 396 g/mol. The minimum atomic E-state index is -2.16. The summed E-state index contributed by atoms with van der Waals surface area (Å²) in [4.78, 5) is 17.8. The Hall–Kier alpha value is -2.80. The molecule has 0 saturated carbocycles. The van der Waals surface area contributed by atoms with Crippen molar-refractivity contribution in [3.05, 3.63) is 64.5 Å². The van der Waals surface area contributed by atoms with Crippen molar-refractivity contribution in [2.24, 2.45) is 5.11 Å². The van der Waals surface area contributed by atoms with Crippen molar-refractivity contribution in [3.63, 3.8) is 0 Å². The molecule has 1 heterocycles. The number of benzene rings is 2. The molecule has 2 aromatic carbocycles. The van der Waals surface area contributed by atoms with Crippen molar-refractivity contribution in [2.75, 3.05) is 12.0 Å². The SMILES string of the molecule is COc1ccc(N2C(=O)[C@H](O[Si](C)(C)C(C)(C)C)[C@@H]2c2ccc(N=[N+]=[N-])cc2)cc1. The van der Waals surface area contributed by atoms with Crippen LogP contribution in [0.15, 0.2) is 53.6 Å². The van der Waals surface area contributed by atoms with Gasteiger partial charge in [-0.1, -0.05) is 50.2 Å². The van der Waals surface area contributed by atoms with Gasteiger partial charge in [0.15, 0.2) is 8.32 Å². The van der Waals surface area contributed by atoms with Crippen molar-refractivity contribution < 1.29 is 14.0 Å². The van der Waals surface area contributed by atoms with Gasteiger partial charge in [-0.15, -0.1) is 0 Å². The number of carbonyl (C=O) groups is 1. The molecule has 0 radical (unpaired) electrons. The number of amides is 1. The second-order valence-corrected chi connectivity index (χ2v) is 13.7. The fraction of sp³-hybridized carbons (Fsp3) is 0.409. The number of hydrogen-bond acceptors (Lipinski definition) is 4. The second-order valence-electron chi connectivity index (χ2n) is 8.93. The molecule has 3 rings (SSSR count). The molecule has 7 nitrogen and oxygen atoms in total. The lowest BCUT2D eigenvalue weighted by atomic mass is 9.90. The number of azide groups is 1. The van der Waals surface area contributed by atoms with Crippen LogP contribution in [-0.4, -0.2) is 27.4 Å². The number of hydrogen-bond donors (Lipinski definition) is 0. The van der Waals surface area contributed by atoms with Gasteiger partial charge in [-0.2, -0.15) is 0 Å². The van der Waals surface area contributed by atoms with Crippen molar-refractivity contribution in [3.8, 4) is 5.75 Å². The molecule has 2 aromatic rings. The molecule has 2 atom stereocenters. The number of nitrogens with zero attached hydrogens (tertiary/aromatic N) is 4. The first-order valence-electron chi connectivity index (χ1n) is 9.89. The molecule has 0 bridgehead atoms. The molecule has 1 aliphatic rings. The molecule has 0 spiro atoms. The normalized spacial score (nSPS) is 19.1. The lowest BCUT2D eigenvalue weighted by molar-refractivity contribution is -0.135.